The molecule has 1 heterocycles. The van der Waals surface area contributed by atoms with Crippen LogP contribution < -0.4 is 11.1 Å². The number of anilines is 1. The first-order chi connectivity index (χ1) is 10.0. The maximum Gasteiger partial charge on any atom is 0.267 e. The van der Waals surface area contributed by atoms with Gasteiger partial charge in [-0.2, -0.15) is 0 Å². The van der Waals surface area contributed by atoms with Gasteiger partial charge in [0.1, 0.15) is 4.88 Å². The molecule has 0 spiro atoms. The number of halogens is 1. The van der Waals surface area contributed by atoms with Gasteiger partial charge in [0.15, 0.2) is 0 Å². The van der Waals surface area contributed by atoms with Crippen LogP contribution in [-0.2, 0) is 0 Å². The molecule has 0 atom stereocenters. The van der Waals surface area contributed by atoms with E-state index in [0.717, 1.165) is 10.6 Å². The van der Waals surface area contributed by atoms with Crippen molar-refractivity contribution in [3.63, 3.8) is 0 Å². The Balaban J connectivity index is 2.26. The Hall–Kier alpha value is -1.87. The number of nitrogens with two attached hydrogens (primary N) is 1. The van der Waals surface area contributed by atoms with Crippen LogP contribution in [0.3, 0.4) is 0 Å². The molecule has 0 fully saturated rings. The summed E-state index contributed by atoms with van der Waals surface area (Å²) in [5.74, 6) is 5.45. The van der Waals surface area contributed by atoms with Crippen LogP contribution in [0.1, 0.15) is 25.9 Å². The molecule has 3 N–H and O–H groups in total. The number of hydrogen-bond donors (Lipinski definition) is 2. The first-order valence-corrected chi connectivity index (χ1v) is 7.44. The monoisotopic (exact) mass is 319 g/mol. The lowest BCUT2D eigenvalue weighted by Crippen LogP contribution is -2.12. The van der Waals surface area contributed by atoms with Crippen molar-refractivity contribution in [1.29, 1.82) is 0 Å². The number of amides is 1. The van der Waals surface area contributed by atoms with Crippen LogP contribution in [-0.4, -0.2) is 17.4 Å². The molecule has 0 radical (unpaired) electrons. The Morgan fingerprint density at radius 1 is 1.48 bits per heavy atom. The standard InChI is InChI=1S/C15H14ClN3OS/c1-9-14(21-10(2)18-9)15(20)19-13-8-11(4-3-7-17)5-6-12(13)16/h5-6,8H,7,17H2,1-2H3,(H,19,20). The highest BCUT2D eigenvalue weighted by Crippen LogP contribution is 2.25. The van der Waals surface area contributed by atoms with Crippen LogP contribution in [0.25, 0.3) is 0 Å². The van der Waals surface area contributed by atoms with Gasteiger partial charge in [0.25, 0.3) is 5.91 Å². The van der Waals surface area contributed by atoms with Crippen molar-refractivity contribution in [2.24, 2.45) is 5.73 Å². The first-order valence-electron chi connectivity index (χ1n) is 6.25. The molecule has 0 unspecified atom stereocenters. The van der Waals surface area contributed by atoms with Gasteiger partial charge >= 0.3 is 0 Å². The van der Waals surface area contributed by atoms with E-state index in [1.165, 1.54) is 11.3 Å². The first kappa shape index (κ1) is 15.5. The van der Waals surface area contributed by atoms with Crippen LogP contribution in [0.4, 0.5) is 5.69 Å². The van der Waals surface area contributed by atoms with Gasteiger partial charge in [0.2, 0.25) is 0 Å². The second-order valence-corrected chi connectivity index (χ2v) is 5.91. The van der Waals surface area contributed by atoms with Crippen LogP contribution in [0.15, 0.2) is 18.2 Å². The summed E-state index contributed by atoms with van der Waals surface area (Å²) < 4.78 is 0. The molecule has 0 aliphatic carbocycles. The molecule has 1 amide bonds. The predicted molar refractivity (Wildman–Crippen MR) is 86.9 cm³/mol. The fourth-order valence-electron chi connectivity index (χ4n) is 1.77. The number of carbonyl (C=O) groups excluding carboxylic acids is 1. The summed E-state index contributed by atoms with van der Waals surface area (Å²) in [4.78, 5) is 17.1. The fourth-order valence-corrected chi connectivity index (χ4v) is 2.75. The van der Waals surface area contributed by atoms with Crippen LogP contribution in [0.2, 0.25) is 5.02 Å². The maximum absolute atomic E-state index is 12.3. The average Bonchev–Trinajstić information content (AvgIpc) is 2.78. The van der Waals surface area contributed by atoms with Gasteiger partial charge in [-0.05, 0) is 32.0 Å². The number of hydrogen-bond acceptors (Lipinski definition) is 4. The summed E-state index contributed by atoms with van der Waals surface area (Å²) in [5, 5.41) is 4.11. The zero-order chi connectivity index (χ0) is 15.4. The maximum atomic E-state index is 12.3. The van der Waals surface area contributed by atoms with E-state index < -0.39 is 0 Å². The van der Waals surface area contributed by atoms with Crippen LogP contribution in [0.5, 0.6) is 0 Å². The van der Waals surface area contributed by atoms with Crippen molar-refractivity contribution in [3.8, 4) is 11.8 Å². The molecule has 2 aromatic rings. The summed E-state index contributed by atoms with van der Waals surface area (Å²) in [6.45, 7) is 3.96. The van der Waals surface area contributed by atoms with Gasteiger partial charge in [0.05, 0.1) is 28.0 Å². The van der Waals surface area contributed by atoms with Crippen LogP contribution >= 0.6 is 22.9 Å². The SMILES string of the molecule is Cc1nc(C)c(C(=O)Nc2cc(C#CCN)ccc2Cl)s1. The molecular formula is C15H14ClN3OS. The zero-order valence-corrected chi connectivity index (χ0v) is 13.2. The molecule has 0 saturated carbocycles. The molecule has 0 aliphatic heterocycles. The lowest BCUT2D eigenvalue weighted by atomic mass is 10.2. The molecule has 6 heteroatoms. The van der Waals surface area contributed by atoms with E-state index in [9.17, 15) is 4.79 Å². The summed E-state index contributed by atoms with van der Waals surface area (Å²) in [5.41, 5.74) is 7.33. The molecule has 21 heavy (non-hydrogen) atoms. The Kier molecular flexibility index (Phi) is 4.97. The third-order valence-corrected chi connectivity index (χ3v) is 4.06. The normalized spacial score (nSPS) is 9.90. The quantitative estimate of drug-likeness (QED) is 0.836. The van der Waals surface area contributed by atoms with E-state index >= 15 is 0 Å². The van der Waals surface area contributed by atoms with Crippen molar-refractivity contribution >= 4 is 34.5 Å². The van der Waals surface area contributed by atoms with Gasteiger partial charge in [-0.3, -0.25) is 4.79 Å². The number of aryl methyl sites for hydroxylation is 2. The predicted octanol–water partition coefficient (Wildman–Crippen LogP) is 2.98. The molecule has 0 aliphatic rings. The molecular weight excluding hydrogens is 306 g/mol. The molecule has 1 aromatic carbocycles. The lowest BCUT2D eigenvalue weighted by molar-refractivity contribution is 0.103. The van der Waals surface area contributed by atoms with Gasteiger partial charge in [0, 0.05) is 5.56 Å². The summed E-state index contributed by atoms with van der Waals surface area (Å²) >= 11 is 7.46. The number of aromatic nitrogens is 1. The number of carbonyl (C=O) groups is 1. The van der Waals surface area contributed by atoms with E-state index in [1.807, 2.05) is 13.8 Å². The minimum absolute atomic E-state index is 0.219. The van der Waals surface area contributed by atoms with Gasteiger partial charge in [-0.1, -0.05) is 23.4 Å². The van der Waals surface area contributed by atoms with Gasteiger partial charge in [-0.15, -0.1) is 11.3 Å². The zero-order valence-electron chi connectivity index (χ0n) is 11.7. The van der Waals surface area contributed by atoms with Crippen molar-refractivity contribution in [1.82, 2.24) is 4.98 Å². The molecule has 0 saturated heterocycles. The number of nitrogens with zero attached hydrogens (tertiary/aromatic N) is 1. The van der Waals surface area contributed by atoms with E-state index in [1.54, 1.807) is 18.2 Å². The van der Waals surface area contributed by atoms with Crippen molar-refractivity contribution in [2.45, 2.75) is 13.8 Å². The molecule has 108 valence electrons. The highest BCUT2D eigenvalue weighted by molar-refractivity contribution is 7.13. The number of benzene rings is 1. The second kappa shape index (κ2) is 6.72. The minimum Gasteiger partial charge on any atom is -0.320 e. The smallest absolute Gasteiger partial charge is 0.267 e. The second-order valence-electron chi connectivity index (χ2n) is 4.30. The highest BCUT2D eigenvalue weighted by atomic mass is 35.5. The van der Waals surface area contributed by atoms with E-state index in [4.69, 9.17) is 17.3 Å². The van der Waals surface area contributed by atoms with E-state index in [0.29, 0.717) is 21.3 Å². The number of thiazole rings is 1. The number of nitrogens with one attached hydrogen (secondary N) is 1. The minimum atomic E-state index is -0.219. The Morgan fingerprint density at radius 2 is 2.24 bits per heavy atom. The third-order valence-electron chi connectivity index (χ3n) is 2.66. The van der Waals surface area contributed by atoms with E-state index in [-0.39, 0.29) is 12.5 Å². The highest BCUT2D eigenvalue weighted by Gasteiger charge is 2.15. The van der Waals surface area contributed by atoms with E-state index in [2.05, 4.69) is 22.1 Å². The van der Waals surface area contributed by atoms with Gasteiger partial charge in [-0.25, -0.2) is 4.98 Å². The lowest BCUT2D eigenvalue weighted by Gasteiger charge is -2.07. The third kappa shape index (κ3) is 3.82. The van der Waals surface area contributed by atoms with Crippen molar-refractivity contribution in [3.05, 3.63) is 44.4 Å². The Labute approximate surface area is 132 Å². The summed E-state index contributed by atoms with van der Waals surface area (Å²) in [6.07, 6.45) is 0. The molecule has 2 rings (SSSR count). The topological polar surface area (TPSA) is 68.0 Å². The molecule has 4 nitrogen and oxygen atoms in total. The Morgan fingerprint density at radius 3 is 2.86 bits per heavy atom. The van der Waals surface area contributed by atoms with Crippen molar-refractivity contribution in [2.75, 3.05) is 11.9 Å². The van der Waals surface area contributed by atoms with Gasteiger partial charge < -0.3 is 11.1 Å². The Bertz CT molecular complexity index is 743. The molecule has 0 bridgehead atoms. The summed E-state index contributed by atoms with van der Waals surface area (Å²) in [7, 11) is 0. The van der Waals surface area contributed by atoms with Crippen molar-refractivity contribution < 1.29 is 4.79 Å². The number of rotatable bonds is 2. The largest absolute Gasteiger partial charge is 0.320 e. The molecule has 1 aromatic heterocycles. The average molecular weight is 320 g/mol. The summed E-state index contributed by atoms with van der Waals surface area (Å²) in [6, 6.07) is 5.21. The fraction of sp³-hybridized carbons (Fsp3) is 0.200. The van der Waals surface area contributed by atoms with Crippen LogP contribution in [0, 0.1) is 25.7 Å².